The molecule has 37 heavy (non-hydrogen) atoms. The van der Waals surface area contributed by atoms with E-state index in [1.807, 2.05) is 85.8 Å². The van der Waals surface area contributed by atoms with Crippen LogP contribution >= 0.6 is 11.3 Å². The summed E-state index contributed by atoms with van der Waals surface area (Å²) in [6.45, 7) is 4.12. The fourth-order valence-corrected chi connectivity index (χ4v) is 5.70. The number of thiophene rings is 1. The van der Waals surface area contributed by atoms with Gasteiger partial charge < -0.3 is 19.5 Å². The van der Waals surface area contributed by atoms with Crippen molar-refractivity contribution in [2.24, 2.45) is 0 Å². The molecule has 2 heterocycles. The minimum atomic E-state index is -0.530. The number of hydrogen-bond acceptors (Lipinski definition) is 6. The van der Waals surface area contributed by atoms with E-state index in [0.717, 1.165) is 32.9 Å². The fourth-order valence-electron chi connectivity index (χ4n) is 4.47. The molecule has 1 aliphatic rings. The van der Waals surface area contributed by atoms with Crippen molar-refractivity contribution in [2.75, 3.05) is 18.7 Å². The number of ether oxygens (including phenoxy) is 3. The topological polar surface area (TPSA) is 73.9 Å². The van der Waals surface area contributed by atoms with Gasteiger partial charge in [0.25, 0.3) is 0 Å². The average Bonchev–Trinajstić information content (AvgIpc) is 3.49. The molecule has 0 aliphatic carbocycles. The van der Waals surface area contributed by atoms with Gasteiger partial charge in [0.05, 0.1) is 18.1 Å². The molecule has 0 saturated heterocycles. The van der Waals surface area contributed by atoms with Crippen LogP contribution in [0, 0.1) is 6.92 Å². The third-order valence-corrected chi connectivity index (χ3v) is 7.50. The minimum absolute atomic E-state index is 0.209. The molecule has 0 fully saturated rings. The molecule has 0 atom stereocenters. The molecule has 0 bridgehead atoms. The molecule has 1 amide bonds. The molecular formula is C30H27NO5S. The lowest BCUT2D eigenvalue weighted by Gasteiger charge is -2.18. The Labute approximate surface area is 219 Å². The highest BCUT2D eigenvalue weighted by Gasteiger charge is 2.28. The molecule has 1 aromatic heterocycles. The van der Waals surface area contributed by atoms with Crippen LogP contribution in [0.3, 0.4) is 0 Å². The Bertz CT molecular complexity index is 1380. The van der Waals surface area contributed by atoms with Gasteiger partial charge in [0.2, 0.25) is 12.7 Å². The van der Waals surface area contributed by atoms with E-state index in [9.17, 15) is 9.59 Å². The smallest absolute Gasteiger partial charge is 0.341 e. The van der Waals surface area contributed by atoms with Crippen LogP contribution in [0.2, 0.25) is 0 Å². The predicted molar refractivity (Wildman–Crippen MR) is 144 cm³/mol. The summed E-state index contributed by atoms with van der Waals surface area (Å²) < 4.78 is 16.3. The Hall–Kier alpha value is -4.10. The summed E-state index contributed by atoms with van der Waals surface area (Å²) in [7, 11) is 0. The van der Waals surface area contributed by atoms with E-state index in [-0.39, 0.29) is 19.3 Å². The van der Waals surface area contributed by atoms with Crippen LogP contribution in [-0.4, -0.2) is 25.3 Å². The van der Waals surface area contributed by atoms with Crippen molar-refractivity contribution in [3.8, 4) is 11.5 Å². The van der Waals surface area contributed by atoms with Gasteiger partial charge in [0.1, 0.15) is 5.00 Å². The largest absolute Gasteiger partial charge is 0.462 e. The number of amides is 1. The number of benzene rings is 3. The molecule has 3 aromatic carbocycles. The maximum absolute atomic E-state index is 13.8. The normalized spacial score (nSPS) is 12.0. The van der Waals surface area contributed by atoms with Gasteiger partial charge in [0, 0.05) is 11.3 Å². The molecule has 6 nitrogen and oxygen atoms in total. The first-order valence-electron chi connectivity index (χ1n) is 12.1. The summed E-state index contributed by atoms with van der Waals surface area (Å²) in [6.07, 6.45) is 0.580. The Kier molecular flexibility index (Phi) is 7.23. The van der Waals surface area contributed by atoms with Crippen molar-refractivity contribution in [3.05, 3.63) is 112 Å². The second-order valence-electron chi connectivity index (χ2n) is 8.68. The van der Waals surface area contributed by atoms with E-state index in [2.05, 4.69) is 5.32 Å². The van der Waals surface area contributed by atoms with Crippen LogP contribution in [0.15, 0.2) is 78.9 Å². The van der Waals surface area contributed by atoms with Crippen molar-refractivity contribution >= 4 is 28.2 Å². The lowest BCUT2D eigenvalue weighted by atomic mass is 9.90. The van der Waals surface area contributed by atoms with Crippen LogP contribution in [-0.2, 0) is 16.0 Å². The van der Waals surface area contributed by atoms with Crippen molar-refractivity contribution < 1.29 is 23.8 Å². The summed E-state index contributed by atoms with van der Waals surface area (Å²) in [4.78, 5) is 27.7. The van der Waals surface area contributed by atoms with Gasteiger partial charge in [-0.15, -0.1) is 11.3 Å². The van der Waals surface area contributed by atoms with Gasteiger partial charge >= 0.3 is 5.97 Å². The Balaban J connectivity index is 1.49. The number of fused-ring (bicyclic) bond motifs is 1. The van der Waals surface area contributed by atoms with E-state index in [0.29, 0.717) is 22.7 Å². The van der Waals surface area contributed by atoms with Crippen LogP contribution in [0.25, 0.3) is 0 Å². The minimum Gasteiger partial charge on any atom is -0.462 e. The Morgan fingerprint density at radius 2 is 1.59 bits per heavy atom. The molecule has 0 unspecified atom stereocenters. The second-order valence-corrected chi connectivity index (χ2v) is 9.79. The highest BCUT2D eigenvalue weighted by Crippen LogP contribution is 2.38. The Morgan fingerprint density at radius 3 is 2.24 bits per heavy atom. The zero-order valence-corrected chi connectivity index (χ0v) is 21.5. The molecule has 7 heteroatoms. The lowest BCUT2D eigenvalue weighted by molar-refractivity contribution is -0.116. The van der Waals surface area contributed by atoms with E-state index < -0.39 is 11.9 Å². The third-order valence-electron chi connectivity index (χ3n) is 6.29. The van der Waals surface area contributed by atoms with Gasteiger partial charge in [-0.3, -0.25) is 4.79 Å². The monoisotopic (exact) mass is 513 g/mol. The predicted octanol–water partition coefficient (Wildman–Crippen LogP) is 6.32. The number of carbonyl (C=O) groups excluding carboxylic acids is 2. The summed E-state index contributed by atoms with van der Waals surface area (Å²) in [5, 5.41) is 3.56. The van der Waals surface area contributed by atoms with Gasteiger partial charge in [-0.1, -0.05) is 66.7 Å². The highest BCUT2D eigenvalue weighted by atomic mass is 32.1. The summed E-state index contributed by atoms with van der Waals surface area (Å²) in [5.74, 6) is 0.245. The van der Waals surface area contributed by atoms with Crippen LogP contribution in [0.4, 0.5) is 5.00 Å². The van der Waals surface area contributed by atoms with E-state index in [4.69, 9.17) is 14.2 Å². The van der Waals surface area contributed by atoms with E-state index in [1.165, 1.54) is 11.3 Å². The molecule has 5 rings (SSSR count). The summed E-state index contributed by atoms with van der Waals surface area (Å²) in [5.41, 5.74) is 3.96. The molecule has 0 spiro atoms. The standard InChI is InChI=1S/C30H27NO5S/c1-3-34-30(33)26-19(2)25(17-20-14-15-23-24(16-20)36-18-35-23)37-29(26)31-28(32)27(21-10-6-4-7-11-21)22-12-8-5-9-13-22/h4-16,27H,3,17-18H2,1-2H3,(H,31,32). The maximum Gasteiger partial charge on any atom is 0.341 e. The zero-order chi connectivity index (χ0) is 25.8. The van der Waals surface area contributed by atoms with E-state index in [1.54, 1.807) is 6.92 Å². The lowest BCUT2D eigenvalue weighted by Crippen LogP contribution is -2.23. The van der Waals surface area contributed by atoms with E-state index >= 15 is 0 Å². The number of carbonyl (C=O) groups is 2. The number of rotatable bonds is 8. The van der Waals surface area contributed by atoms with Crippen LogP contribution in [0.5, 0.6) is 11.5 Å². The molecule has 1 N–H and O–H groups in total. The Morgan fingerprint density at radius 1 is 0.946 bits per heavy atom. The SMILES string of the molecule is CCOC(=O)c1c(NC(=O)C(c2ccccc2)c2ccccc2)sc(Cc2ccc3c(c2)OCO3)c1C. The molecule has 0 saturated carbocycles. The number of hydrogen-bond donors (Lipinski definition) is 1. The third kappa shape index (κ3) is 5.22. The number of nitrogens with one attached hydrogen (secondary N) is 1. The van der Waals surface area contributed by atoms with Crippen LogP contribution < -0.4 is 14.8 Å². The summed E-state index contributed by atoms with van der Waals surface area (Å²) in [6, 6.07) is 25.1. The fraction of sp³-hybridized carbons (Fsp3) is 0.200. The van der Waals surface area contributed by atoms with Crippen molar-refractivity contribution in [3.63, 3.8) is 0 Å². The van der Waals surface area contributed by atoms with Crippen LogP contribution in [0.1, 0.15) is 50.3 Å². The quantitative estimate of drug-likeness (QED) is 0.279. The molecule has 4 aromatic rings. The van der Waals surface area contributed by atoms with Crippen molar-refractivity contribution in [1.29, 1.82) is 0 Å². The number of esters is 1. The van der Waals surface area contributed by atoms with Gasteiger partial charge in [-0.05, 0) is 48.2 Å². The maximum atomic E-state index is 13.8. The summed E-state index contributed by atoms with van der Waals surface area (Å²) >= 11 is 1.40. The molecular weight excluding hydrogens is 486 g/mol. The van der Waals surface area contributed by atoms with Gasteiger partial charge in [0.15, 0.2) is 11.5 Å². The van der Waals surface area contributed by atoms with Crippen molar-refractivity contribution in [1.82, 2.24) is 0 Å². The first kappa shape index (κ1) is 24.6. The van der Waals surface area contributed by atoms with Gasteiger partial charge in [-0.2, -0.15) is 0 Å². The number of anilines is 1. The second kappa shape index (κ2) is 10.9. The first-order chi connectivity index (χ1) is 18.0. The van der Waals surface area contributed by atoms with Gasteiger partial charge in [-0.25, -0.2) is 4.79 Å². The molecule has 188 valence electrons. The molecule has 0 radical (unpaired) electrons. The molecule has 1 aliphatic heterocycles. The zero-order valence-electron chi connectivity index (χ0n) is 20.7. The first-order valence-corrected chi connectivity index (χ1v) is 13.0. The van der Waals surface area contributed by atoms with Crippen molar-refractivity contribution in [2.45, 2.75) is 26.2 Å². The average molecular weight is 514 g/mol. The highest BCUT2D eigenvalue weighted by molar-refractivity contribution is 7.17.